The van der Waals surface area contributed by atoms with Crippen LogP contribution in [0.4, 0.5) is 28.0 Å². The number of benzene rings is 1. The summed E-state index contributed by atoms with van der Waals surface area (Å²) in [6, 6.07) is 0.855. The fraction of sp³-hybridized carbons (Fsp3) is 0.679. The molecule has 2 aromatic rings. The van der Waals surface area contributed by atoms with Crippen molar-refractivity contribution in [1.82, 2.24) is 20.9 Å². The summed E-state index contributed by atoms with van der Waals surface area (Å²) < 4.78 is 145. The number of rotatable bonds is 49. The van der Waals surface area contributed by atoms with E-state index in [1.165, 1.54) is 0 Å². The zero-order chi connectivity index (χ0) is 64.8. The standard InChI is InChI=1S/C56H84F4N6O21S2/c1-2-15-66(16-7-14-63-56(73)86-39-8-6-9-39)55(72)38-33-43-41(64-44(61)34-38)35-40(88-43)10-4-3-5-13-62-54(71)42(36-67)65-45(69)11-17-77-29-31-84-47(37-68)85-32-30-83-28-27-82-26-25-81-24-23-80-22-21-79-20-19-78-18-12-46(70)87-52-48(57)50(59)53(89(74,75)76)51(60)49(52)58/h33,35,39,42,47,67-68H,2-32,34,36-37H2,1H3,(H2,61,64)(H,62,71)(H,63,73)(H,65,69)(H,74,75,76)/t42-,47?/m0/s1. The van der Waals surface area contributed by atoms with Crippen molar-refractivity contribution in [2.24, 2.45) is 10.7 Å². The smallest absolute Gasteiger partial charge is 0.407 e. The Morgan fingerprint density at radius 1 is 0.719 bits per heavy atom. The lowest BCUT2D eigenvalue weighted by Gasteiger charge is -2.25. The lowest BCUT2D eigenvalue weighted by atomic mass is 9.96. The van der Waals surface area contributed by atoms with Gasteiger partial charge in [0.1, 0.15) is 18.0 Å². The Hall–Kier alpha value is -5.53. The largest absolute Gasteiger partial charge is 0.446 e. The Balaban J connectivity index is 0.910. The summed E-state index contributed by atoms with van der Waals surface area (Å²) in [5, 5.41) is 27.5. The van der Waals surface area contributed by atoms with Gasteiger partial charge < -0.3 is 88.9 Å². The molecule has 4 amide bonds. The van der Waals surface area contributed by atoms with Gasteiger partial charge in [0.15, 0.2) is 22.8 Å². The number of halogens is 4. The van der Waals surface area contributed by atoms with E-state index in [1.807, 2.05) is 19.1 Å². The maximum Gasteiger partial charge on any atom is 0.407 e. The Labute approximate surface area is 518 Å². The van der Waals surface area contributed by atoms with Crippen LogP contribution in [-0.2, 0) is 83.1 Å². The average molecular weight is 1320 g/mol. The predicted octanol–water partition coefficient (Wildman–Crippen LogP) is 3.39. The molecular weight excluding hydrogens is 1230 g/mol. The monoisotopic (exact) mass is 1320 g/mol. The zero-order valence-electron chi connectivity index (χ0n) is 49.9. The van der Waals surface area contributed by atoms with Crippen LogP contribution in [0.5, 0.6) is 5.75 Å². The number of carbonyl (C=O) groups is 5. The van der Waals surface area contributed by atoms with Crippen molar-refractivity contribution in [3.63, 3.8) is 0 Å². The molecule has 1 saturated carbocycles. The van der Waals surface area contributed by atoms with E-state index >= 15 is 0 Å². The van der Waals surface area contributed by atoms with Crippen molar-refractivity contribution in [3.8, 4) is 5.75 Å². The number of amidine groups is 1. The first-order valence-electron chi connectivity index (χ1n) is 29.4. The van der Waals surface area contributed by atoms with Crippen LogP contribution < -0.4 is 26.4 Å². The van der Waals surface area contributed by atoms with Crippen LogP contribution in [0.15, 0.2) is 21.5 Å². The normalized spacial score (nSPS) is 14.0. The molecule has 27 nitrogen and oxygen atoms in total. The van der Waals surface area contributed by atoms with Gasteiger partial charge in [-0.25, -0.2) is 18.6 Å². The highest BCUT2D eigenvalue weighted by Gasteiger charge is 2.34. The van der Waals surface area contributed by atoms with Crippen LogP contribution in [0.2, 0.25) is 0 Å². The Morgan fingerprint density at radius 2 is 1.27 bits per heavy atom. The van der Waals surface area contributed by atoms with Gasteiger partial charge in [0, 0.05) is 49.5 Å². The molecule has 89 heavy (non-hydrogen) atoms. The predicted molar refractivity (Wildman–Crippen MR) is 311 cm³/mol. The highest BCUT2D eigenvalue weighted by molar-refractivity contribution is 7.85. The number of aliphatic hydroxyl groups is 2. The molecule has 1 unspecified atom stereocenters. The van der Waals surface area contributed by atoms with Crippen molar-refractivity contribution in [2.45, 2.75) is 107 Å². The number of nitrogens with zero attached hydrogens (tertiary/aromatic N) is 2. The Kier molecular flexibility index (Phi) is 36.9. The van der Waals surface area contributed by atoms with Crippen LogP contribution in [-0.4, -0.2) is 227 Å². The second-order valence-electron chi connectivity index (χ2n) is 19.9. The van der Waals surface area contributed by atoms with E-state index in [9.17, 15) is 60.2 Å². The highest BCUT2D eigenvalue weighted by Crippen LogP contribution is 2.36. The Bertz CT molecular complexity index is 2640. The van der Waals surface area contributed by atoms with Crippen LogP contribution in [0.3, 0.4) is 0 Å². The van der Waals surface area contributed by atoms with Crippen LogP contribution in [0.1, 0.15) is 87.3 Å². The van der Waals surface area contributed by atoms with Gasteiger partial charge in [-0.15, -0.1) is 11.3 Å². The van der Waals surface area contributed by atoms with Crippen molar-refractivity contribution in [2.75, 3.05) is 145 Å². The second kappa shape index (κ2) is 43.3. The third kappa shape index (κ3) is 29.5. The molecule has 1 aliphatic carbocycles. The van der Waals surface area contributed by atoms with Crippen LogP contribution in [0.25, 0.3) is 6.08 Å². The quantitative estimate of drug-likeness (QED) is 0.00949. The number of thiophene rings is 1. The van der Waals surface area contributed by atoms with Gasteiger partial charge >= 0.3 is 22.2 Å². The number of alkyl carbamates (subject to hydrolysis) is 1. The first-order valence-corrected chi connectivity index (χ1v) is 31.6. The second-order valence-corrected chi connectivity index (χ2v) is 22.4. The van der Waals surface area contributed by atoms with Crippen molar-refractivity contribution < 1.29 is 117 Å². The molecule has 4 rings (SSSR count). The van der Waals surface area contributed by atoms with Crippen LogP contribution in [0, 0.1) is 23.3 Å². The molecule has 1 aromatic heterocycles. The minimum absolute atomic E-state index is 0.00386. The van der Waals surface area contributed by atoms with Crippen molar-refractivity contribution in [3.05, 3.63) is 44.7 Å². The number of hydrogen-bond acceptors (Lipinski definition) is 23. The third-order valence-corrected chi connectivity index (χ3v) is 14.9. The average Bonchev–Trinajstić information content (AvgIpc) is 1.26. The highest BCUT2D eigenvalue weighted by atomic mass is 32.2. The van der Waals surface area contributed by atoms with E-state index < -0.39 is 99.9 Å². The van der Waals surface area contributed by atoms with Gasteiger partial charge in [0.05, 0.1) is 136 Å². The van der Waals surface area contributed by atoms with Gasteiger partial charge in [0.25, 0.3) is 0 Å². The molecular formula is C56H84F4N6O21S2. The summed E-state index contributed by atoms with van der Waals surface area (Å²) in [6.45, 7) is 5.16. The SMILES string of the molecule is CCCN(CCCNC(=O)OC1CCC1)C(=O)C1=Cc2sc(CCCCCNC(=O)[C@H](CO)NC(=O)CCOCCOC(CO)OCCOCCOCCOCCOCCOCCOCCC(=O)Oc3c(F)c(F)c(S(=O)(=O)O)c(F)c3F)cc2N=C(N)C1. The van der Waals surface area contributed by atoms with E-state index in [1.54, 1.807) is 16.2 Å². The molecule has 1 fully saturated rings. The summed E-state index contributed by atoms with van der Waals surface area (Å²) >= 11 is 1.56. The first kappa shape index (κ1) is 75.9. The molecule has 1 aliphatic heterocycles. The molecule has 1 aromatic carbocycles. The summed E-state index contributed by atoms with van der Waals surface area (Å²) in [6.07, 6.45) is 7.36. The van der Waals surface area contributed by atoms with Gasteiger partial charge in [0.2, 0.25) is 35.1 Å². The van der Waals surface area contributed by atoms with Gasteiger partial charge in [-0.1, -0.05) is 13.3 Å². The minimum atomic E-state index is -5.66. The van der Waals surface area contributed by atoms with Crippen molar-refractivity contribution >= 4 is 68.8 Å². The Morgan fingerprint density at radius 3 is 1.80 bits per heavy atom. The fourth-order valence-electron chi connectivity index (χ4n) is 8.15. The molecule has 0 bridgehead atoms. The lowest BCUT2D eigenvalue weighted by molar-refractivity contribution is -0.176. The van der Waals surface area contributed by atoms with Crippen molar-refractivity contribution in [1.29, 1.82) is 0 Å². The molecule has 0 spiro atoms. The maximum absolute atomic E-state index is 14.0. The summed E-state index contributed by atoms with van der Waals surface area (Å²) in [7, 11) is -5.66. The first-order chi connectivity index (χ1) is 42.9. The number of nitrogens with two attached hydrogens (primary N) is 1. The topological polar surface area (TPSA) is 359 Å². The van der Waals surface area contributed by atoms with Gasteiger partial charge in [-0.2, -0.15) is 17.2 Å². The number of amides is 4. The third-order valence-electron chi connectivity index (χ3n) is 12.9. The number of aliphatic hydroxyl groups excluding tert-OH is 2. The maximum atomic E-state index is 14.0. The summed E-state index contributed by atoms with van der Waals surface area (Å²) in [5.41, 5.74) is 7.57. The van der Waals surface area contributed by atoms with Gasteiger partial charge in [-0.3, -0.25) is 23.7 Å². The van der Waals surface area contributed by atoms with Crippen LogP contribution >= 0.6 is 11.3 Å². The van der Waals surface area contributed by atoms with E-state index in [-0.39, 0.29) is 111 Å². The zero-order valence-corrected chi connectivity index (χ0v) is 51.6. The minimum Gasteiger partial charge on any atom is -0.446 e. The molecule has 0 radical (unpaired) electrons. The lowest BCUT2D eigenvalue weighted by Crippen LogP contribution is -2.49. The molecule has 504 valence electrons. The number of aliphatic imine (C=N–C) groups is 1. The number of aryl methyl sites for hydroxylation is 1. The van der Waals surface area contributed by atoms with Gasteiger partial charge in [-0.05, 0) is 63.5 Å². The number of ether oxygens (including phenoxy) is 11. The molecule has 2 atom stereocenters. The molecule has 8 N–H and O–H groups in total. The number of carbonyl (C=O) groups excluding carboxylic acids is 5. The summed E-state index contributed by atoms with van der Waals surface area (Å²) in [5.74, 6) is -13.5. The molecule has 2 heterocycles. The number of hydrogen-bond donors (Lipinski definition) is 7. The van der Waals surface area contributed by atoms with E-state index in [2.05, 4.69) is 25.7 Å². The number of fused-ring (bicyclic) bond motifs is 1. The number of unbranched alkanes of at least 4 members (excludes halogenated alkanes) is 2. The number of nitrogens with one attached hydrogen (secondary N) is 3. The molecule has 2 aliphatic rings. The number of esters is 1. The molecule has 0 saturated heterocycles. The van der Waals surface area contributed by atoms with E-state index in [0.29, 0.717) is 70.3 Å². The van der Waals surface area contributed by atoms with E-state index in [4.69, 9.17) is 57.7 Å². The molecule has 33 heteroatoms. The summed E-state index contributed by atoms with van der Waals surface area (Å²) in [4.78, 5) is 68.9. The van der Waals surface area contributed by atoms with E-state index in [0.717, 1.165) is 60.4 Å². The fourth-order valence-corrected chi connectivity index (χ4v) is 9.89.